The first-order chi connectivity index (χ1) is 18.2. The van der Waals surface area contributed by atoms with Crippen LogP contribution in [-0.4, -0.2) is 66.3 Å². The van der Waals surface area contributed by atoms with E-state index in [2.05, 4.69) is 30.0 Å². The maximum absolute atomic E-state index is 5.93. The number of nitrogens with zero attached hydrogens (tertiary/aromatic N) is 7. The molecule has 37 heavy (non-hydrogen) atoms. The van der Waals surface area contributed by atoms with Crippen molar-refractivity contribution >= 4 is 27.9 Å². The van der Waals surface area contributed by atoms with Crippen LogP contribution in [0.25, 0.3) is 56.1 Å². The molecule has 11 nitrogen and oxygen atoms in total. The monoisotopic (exact) mass is 490 g/mol. The summed E-state index contributed by atoms with van der Waals surface area (Å²) < 4.78 is 5.39. The summed E-state index contributed by atoms with van der Waals surface area (Å²) in [6.45, 7) is 1.55. The van der Waals surface area contributed by atoms with E-state index in [1.54, 1.807) is 31.9 Å². The zero-order chi connectivity index (χ0) is 24.9. The number of imidazole rings is 1. The van der Waals surface area contributed by atoms with Crippen LogP contribution in [0.5, 0.6) is 5.75 Å². The van der Waals surface area contributed by atoms with E-state index in [0.717, 1.165) is 52.3 Å². The van der Waals surface area contributed by atoms with Gasteiger partial charge in [0.05, 0.1) is 47.9 Å². The highest BCUT2D eigenvalue weighted by molar-refractivity contribution is 5.95. The van der Waals surface area contributed by atoms with E-state index in [1.165, 1.54) is 0 Å². The van der Waals surface area contributed by atoms with Crippen LogP contribution in [0, 0.1) is 0 Å². The molecule has 0 radical (unpaired) electrons. The predicted molar refractivity (Wildman–Crippen MR) is 140 cm³/mol. The number of fused-ring (bicyclic) bond motifs is 2. The molecule has 1 aromatic carbocycles. The first kappa shape index (κ1) is 21.4. The maximum Gasteiger partial charge on any atom is 0.161 e. The summed E-state index contributed by atoms with van der Waals surface area (Å²) in [6.07, 6.45) is 7.02. The SMILES string of the molecule is COc1cccc(-c2cncc3[nH]c(-c4n[nH]c5ccc(-c6cncc(N7CC(N)C7)n6)nc45)nc23)c1. The molecular formula is C26H22N10O. The molecule has 1 fully saturated rings. The number of aromatic nitrogens is 8. The molecule has 1 aliphatic rings. The average Bonchev–Trinajstić information content (AvgIpc) is 3.55. The summed E-state index contributed by atoms with van der Waals surface area (Å²) in [7, 11) is 1.65. The van der Waals surface area contributed by atoms with Crippen molar-refractivity contribution in [2.45, 2.75) is 6.04 Å². The van der Waals surface area contributed by atoms with Crippen LogP contribution < -0.4 is 15.4 Å². The second-order valence-corrected chi connectivity index (χ2v) is 8.99. The Bertz CT molecular complexity index is 1770. The van der Waals surface area contributed by atoms with Gasteiger partial charge < -0.3 is 20.4 Å². The first-order valence-corrected chi connectivity index (χ1v) is 11.8. The van der Waals surface area contributed by atoms with Gasteiger partial charge in [-0.25, -0.2) is 15.0 Å². The van der Waals surface area contributed by atoms with Crippen LogP contribution in [0.1, 0.15) is 0 Å². The zero-order valence-corrected chi connectivity index (χ0v) is 19.9. The lowest BCUT2D eigenvalue weighted by atomic mass is 10.1. The van der Waals surface area contributed by atoms with Crippen molar-refractivity contribution in [2.24, 2.45) is 5.73 Å². The molecule has 0 atom stereocenters. The molecule has 11 heteroatoms. The molecule has 0 aliphatic carbocycles. The van der Waals surface area contributed by atoms with Crippen molar-refractivity contribution in [3.8, 4) is 39.8 Å². The summed E-state index contributed by atoms with van der Waals surface area (Å²) in [5.41, 5.74) is 12.8. The highest BCUT2D eigenvalue weighted by Crippen LogP contribution is 2.32. The number of H-pyrrole nitrogens is 2. The summed E-state index contributed by atoms with van der Waals surface area (Å²) >= 11 is 0. The molecule has 4 N–H and O–H groups in total. The minimum atomic E-state index is 0.178. The lowest BCUT2D eigenvalue weighted by molar-refractivity contribution is 0.415. The van der Waals surface area contributed by atoms with E-state index < -0.39 is 0 Å². The van der Waals surface area contributed by atoms with Crippen molar-refractivity contribution < 1.29 is 4.74 Å². The van der Waals surface area contributed by atoms with Crippen LogP contribution in [0.15, 0.2) is 61.2 Å². The van der Waals surface area contributed by atoms with E-state index in [9.17, 15) is 0 Å². The molecule has 182 valence electrons. The molecule has 6 aromatic rings. The highest BCUT2D eigenvalue weighted by atomic mass is 16.5. The van der Waals surface area contributed by atoms with Gasteiger partial charge in [0.25, 0.3) is 0 Å². The van der Waals surface area contributed by atoms with Crippen LogP contribution in [0.2, 0.25) is 0 Å². The van der Waals surface area contributed by atoms with E-state index >= 15 is 0 Å². The zero-order valence-electron chi connectivity index (χ0n) is 19.9. The van der Waals surface area contributed by atoms with Gasteiger partial charge in [0, 0.05) is 30.9 Å². The van der Waals surface area contributed by atoms with Gasteiger partial charge in [-0.1, -0.05) is 12.1 Å². The summed E-state index contributed by atoms with van der Waals surface area (Å²) in [5, 5.41) is 7.58. The Morgan fingerprint density at radius 1 is 0.919 bits per heavy atom. The quantitative estimate of drug-likeness (QED) is 0.331. The fourth-order valence-corrected chi connectivity index (χ4v) is 4.58. The largest absolute Gasteiger partial charge is 0.497 e. The highest BCUT2D eigenvalue weighted by Gasteiger charge is 2.25. The fraction of sp³-hybridized carbons (Fsp3) is 0.154. The van der Waals surface area contributed by atoms with Crippen LogP contribution >= 0.6 is 0 Å². The van der Waals surface area contributed by atoms with Gasteiger partial charge in [0.2, 0.25) is 0 Å². The van der Waals surface area contributed by atoms with E-state index in [0.29, 0.717) is 28.4 Å². The maximum atomic E-state index is 5.93. The average molecular weight is 491 g/mol. The normalized spacial score (nSPS) is 13.8. The number of benzene rings is 1. The standard InChI is InChI=1S/C26H22N10O/c1-37-16-4-2-3-14(7-16)17-8-28-10-21-23(17)33-26(32-21)25-24-19(34-35-25)6-5-18(31-24)20-9-29-11-22(30-20)36-12-15(27)13-36/h2-11,15H,12-13,27H2,1H3,(H,32,33)(H,34,35). The molecular weight excluding hydrogens is 468 g/mol. The number of hydrogen-bond donors (Lipinski definition) is 3. The Labute approximate surface area is 210 Å². The van der Waals surface area contributed by atoms with Crippen molar-refractivity contribution in [3.63, 3.8) is 0 Å². The van der Waals surface area contributed by atoms with Crippen molar-refractivity contribution in [1.82, 2.24) is 40.1 Å². The third-order valence-electron chi connectivity index (χ3n) is 6.52. The van der Waals surface area contributed by atoms with Gasteiger partial charge in [-0.15, -0.1) is 0 Å². The minimum absolute atomic E-state index is 0.178. The molecule has 1 aliphatic heterocycles. The molecule has 0 bridgehead atoms. The number of rotatable bonds is 5. The Morgan fingerprint density at radius 3 is 2.68 bits per heavy atom. The molecule has 0 amide bonds. The van der Waals surface area contributed by atoms with E-state index in [-0.39, 0.29) is 6.04 Å². The minimum Gasteiger partial charge on any atom is -0.497 e. The lowest BCUT2D eigenvalue weighted by Gasteiger charge is -2.37. The number of nitrogens with two attached hydrogens (primary N) is 1. The van der Waals surface area contributed by atoms with E-state index in [1.807, 2.05) is 36.4 Å². The number of nitrogens with one attached hydrogen (secondary N) is 2. The Hall–Kier alpha value is -4.90. The van der Waals surface area contributed by atoms with Crippen LogP contribution in [0.4, 0.5) is 5.82 Å². The lowest BCUT2D eigenvalue weighted by Crippen LogP contribution is -2.56. The number of aromatic amines is 2. The third kappa shape index (κ3) is 3.64. The fourth-order valence-electron chi connectivity index (χ4n) is 4.58. The topological polar surface area (TPSA) is 147 Å². The number of anilines is 1. The third-order valence-corrected chi connectivity index (χ3v) is 6.52. The predicted octanol–water partition coefficient (Wildman–Crippen LogP) is 3.18. The van der Waals surface area contributed by atoms with Gasteiger partial charge >= 0.3 is 0 Å². The molecule has 1 saturated heterocycles. The molecule has 0 saturated carbocycles. The number of hydrogen-bond acceptors (Lipinski definition) is 9. The molecule has 7 rings (SSSR count). The molecule has 0 spiro atoms. The Kier molecular flexibility index (Phi) is 4.83. The van der Waals surface area contributed by atoms with Crippen molar-refractivity contribution in [2.75, 3.05) is 25.1 Å². The number of ether oxygens (including phenoxy) is 1. The van der Waals surface area contributed by atoms with Gasteiger partial charge in [0.1, 0.15) is 22.8 Å². The number of pyridine rings is 2. The van der Waals surface area contributed by atoms with Crippen molar-refractivity contribution in [3.05, 3.63) is 61.2 Å². The Morgan fingerprint density at radius 2 is 1.81 bits per heavy atom. The van der Waals surface area contributed by atoms with Gasteiger partial charge in [-0.2, -0.15) is 5.10 Å². The Balaban J connectivity index is 1.30. The first-order valence-electron chi connectivity index (χ1n) is 11.8. The number of methoxy groups -OCH3 is 1. The van der Waals surface area contributed by atoms with E-state index in [4.69, 9.17) is 25.4 Å². The van der Waals surface area contributed by atoms with Gasteiger partial charge in [-0.05, 0) is 29.8 Å². The molecule has 6 heterocycles. The summed E-state index contributed by atoms with van der Waals surface area (Å²) in [5.74, 6) is 2.16. The smallest absolute Gasteiger partial charge is 0.161 e. The molecule has 0 unspecified atom stereocenters. The molecule has 5 aromatic heterocycles. The van der Waals surface area contributed by atoms with Crippen LogP contribution in [-0.2, 0) is 0 Å². The second-order valence-electron chi connectivity index (χ2n) is 8.99. The summed E-state index contributed by atoms with van der Waals surface area (Å²) in [6, 6.07) is 11.8. The van der Waals surface area contributed by atoms with Crippen molar-refractivity contribution in [1.29, 1.82) is 0 Å². The van der Waals surface area contributed by atoms with Gasteiger partial charge in [0.15, 0.2) is 11.5 Å². The summed E-state index contributed by atoms with van der Waals surface area (Å²) in [4.78, 5) is 28.8. The second kappa shape index (κ2) is 8.35. The van der Waals surface area contributed by atoms with Gasteiger partial charge in [-0.3, -0.25) is 15.1 Å². The van der Waals surface area contributed by atoms with Crippen LogP contribution in [0.3, 0.4) is 0 Å².